The molecule has 0 atom stereocenters. The van der Waals surface area contributed by atoms with E-state index < -0.39 is 0 Å². The fraction of sp³-hybridized carbons (Fsp3) is 0. The highest BCUT2D eigenvalue weighted by Crippen LogP contribution is 2.00. The molecule has 1 heterocycles. The fourth-order valence-electron chi connectivity index (χ4n) is 0.174. The van der Waals surface area contributed by atoms with Gasteiger partial charge in [-0.25, -0.2) is 4.98 Å². The van der Waals surface area contributed by atoms with Crippen LogP contribution in [0.2, 0.25) is 0 Å². The molecule has 0 N–H and O–H groups in total. The maximum atomic E-state index is 4.43. The average Bonchev–Trinajstić information content (AvgIpc) is 1.86. The van der Waals surface area contributed by atoms with E-state index in [0.717, 1.165) is 0 Å². The quantitative estimate of drug-likeness (QED) is 0.551. The Morgan fingerprint density at radius 3 is 3.00 bits per heavy atom. The van der Waals surface area contributed by atoms with E-state index in [0.29, 0.717) is 4.60 Å². The lowest BCUT2D eigenvalue weighted by molar-refractivity contribution is 0.548. The van der Waals surface area contributed by atoms with Crippen LogP contribution in [0.4, 0.5) is 0 Å². The lowest BCUT2D eigenvalue weighted by Gasteiger charge is -1.57. The maximum Gasteiger partial charge on any atom is 0.206 e. The monoisotopic (exact) mass is 146 g/mol. The topological polar surface area (TPSA) is 26.0 Å². The summed E-state index contributed by atoms with van der Waals surface area (Å²) in [7, 11) is 0. The smallest absolute Gasteiger partial charge is 0.206 e. The van der Waals surface area contributed by atoms with E-state index in [1.54, 1.807) is 0 Å². The van der Waals surface area contributed by atoms with Crippen LogP contribution in [0.15, 0.2) is 15.4 Å². The Hall–Kier alpha value is -0.310. The first-order valence-electron chi connectivity index (χ1n) is 1.36. The molecule has 31 valence electrons. The normalized spacial score (nSPS) is 8.83. The lowest BCUT2D eigenvalue weighted by atomic mass is 11.0. The molecule has 1 aromatic heterocycles. The minimum atomic E-state index is 0.613. The van der Waals surface area contributed by atoms with Gasteiger partial charge in [0.25, 0.3) is 0 Å². The van der Waals surface area contributed by atoms with Gasteiger partial charge in [0.15, 0.2) is 11.0 Å². The zero-order valence-electron chi connectivity index (χ0n) is 2.81. The Morgan fingerprint density at radius 1 is 2.00 bits per heavy atom. The third-order valence-corrected chi connectivity index (χ3v) is 0.729. The van der Waals surface area contributed by atoms with Crippen LogP contribution < -0.4 is 0 Å². The first-order valence-corrected chi connectivity index (χ1v) is 2.15. The summed E-state index contributed by atoms with van der Waals surface area (Å²) in [4.78, 5) is 3.61. The minimum Gasteiger partial charge on any atom is -0.439 e. The molecule has 0 aliphatic heterocycles. The maximum absolute atomic E-state index is 4.43. The number of aromatic nitrogens is 1. The SMILES string of the molecule is Brc1[c]ocn1. The van der Waals surface area contributed by atoms with Gasteiger partial charge in [0.05, 0.1) is 0 Å². The molecule has 1 radical (unpaired) electrons. The van der Waals surface area contributed by atoms with Crippen molar-refractivity contribution in [3.05, 3.63) is 17.3 Å². The summed E-state index contributed by atoms with van der Waals surface area (Å²) in [6, 6.07) is 0. The van der Waals surface area contributed by atoms with Gasteiger partial charge in [-0.05, 0) is 15.9 Å². The highest BCUT2D eigenvalue weighted by Gasteiger charge is 1.82. The van der Waals surface area contributed by atoms with Crippen LogP contribution in [0.25, 0.3) is 0 Å². The van der Waals surface area contributed by atoms with Gasteiger partial charge in [-0.3, -0.25) is 0 Å². The molecule has 0 aliphatic rings. The van der Waals surface area contributed by atoms with Crippen molar-refractivity contribution < 1.29 is 4.42 Å². The molecule has 0 saturated carbocycles. The third kappa shape index (κ3) is 0.597. The fourth-order valence-corrected chi connectivity index (χ4v) is 0.351. The van der Waals surface area contributed by atoms with E-state index >= 15 is 0 Å². The summed E-state index contributed by atoms with van der Waals surface area (Å²) in [5.74, 6) is 0. The van der Waals surface area contributed by atoms with Gasteiger partial charge in [-0.15, -0.1) is 0 Å². The molecule has 0 unspecified atom stereocenters. The largest absolute Gasteiger partial charge is 0.439 e. The van der Waals surface area contributed by atoms with E-state index in [4.69, 9.17) is 0 Å². The predicted octanol–water partition coefficient (Wildman–Crippen LogP) is 1.24. The molecule has 0 fully saturated rings. The minimum absolute atomic E-state index is 0.613. The van der Waals surface area contributed by atoms with Gasteiger partial charge in [0.1, 0.15) is 0 Å². The van der Waals surface area contributed by atoms with E-state index in [2.05, 4.69) is 31.6 Å². The van der Waals surface area contributed by atoms with Crippen molar-refractivity contribution in [3.8, 4) is 0 Å². The van der Waals surface area contributed by atoms with Crippen molar-refractivity contribution in [1.82, 2.24) is 4.98 Å². The van der Waals surface area contributed by atoms with Crippen LogP contribution >= 0.6 is 15.9 Å². The zero-order chi connectivity index (χ0) is 4.41. The van der Waals surface area contributed by atoms with E-state index in [9.17, 15) is 0 Å². The van der Waals surface area contributed by atoms with E-state index in [1.807, 2.05) is 0 Å². The molecule has 0 spiro atoms. The Labute approximate surface area is 43.3 Å². The van der Waals surface area contributed by atoms with Crippen LogP contribution in [0.5, 0.6) is 0 Å². The number of hydrogen-bond donors (Lipinski definition) is 0. The number of oxazole rings is 1. The third-order valence-electron chi connectivity index (χ3n) is 0.362. The van der Waals surface area contributed by atoms with Gasteiger partial charge >= 0.3 is 0 Å². The first-order chi connectivity index (χ1) is 2.89. The second-order valence-corrected chi connectivity index (χ2v) is 1.50. The van der Waals surface area contributed by atoms with Crippen LogP contribution in [0, 0.1) is 6.26 Å². The van der Waals surface area contributed by atoms with Crippen molar-refractivity contribution in [2.75, 3.05) is 0 Å². The van der Waals surface area contributed by atoms with Gasteiger partial charge in [-0.1, -0.05) is 0 Å². The number of halogens is 1. The van der Waals surface area contributed by atoms with E-state index in [1.165, 1.54) is 6.39 Å². The molecule has 3 heteroatoms. The van der Waals surface area contributed by atoms with Crippen molar-refractivity contribution in [3.63, 3.8) is 0 Å². The standard InChI is InChI=1S/C3HBrNO/c4-3-1-6-2-5-3/h2H. The number of rotatable bonds is 0. The van der Waals surface area contributed by atoms with Crippen LogP contribution in [-0.4, -0.2) is 4.98 Å². The predicted molar refractivity (Wildman–Crippen MR) is 23.0 cm³/mol. The van der Waals surface area contributed by atoms with Crippen LogP contribution in [0.3, 0.4) is 0 Å². The molecule has 0 bridgehead atoms. The van der Waals surface area contributed by atoms with E-state index in [-0.39, 0.29) is 0 Å². The second-order valence-electron chi connectivity index (χ2n) is 0.745. The molecular formula is C3HBrNO. The molecule has 1 rings (SSSR count). The van der Waals surface area contributed by atoms with Gasteiger partial charge in [0, 0.05) is 0 Å². The summed E-state index contributed by atoms with van der Waals surface area (Å²) >= 11 is 3.02. The molecule has 1 aromatic rings. The highest BCUT2D eigenvalue weighted by molar-refractivity contribution is 9.10. The van der Waals surface area contributed by atoms with Crippen molar-refractivity contribution in [2.45, 2.75) is 0 Å². The molecule has 0 amide bonds. The first kappa shape index (κ1) is 3.87. The molecular weight excluding hydrogens is 146 g/mol. The number of hydrogen-bond acceptors (Lipinski definition) is 2. The Kier molecular flexibility index (Phi) is 0.919. The second kappa shape index (κ2) is 1.43. The van der Waals surface area contributed by atoms with Crippen molar-refractivity contribution >= 4 is 15.9 Å². The summed E-state index contributed by atoms with van der Waals surface area (Å²) in [5, 5.41) is 0. The summed E-state index contributed by atoms with van der Waals surface area (Å²) < 4.78 is 5.04. The van der Waals surface area contributed by atoms with Crippen molar-refractivity contribution in [1.29, 1.82) is 0 Å². The molecule has 0 saturated heterocycles. The molecule has 0 aromatic carbocycles. The Morgan fingerprint density at radius 2 is 2.83 bits per heavy atom. The molecule has 0 aliphatic carbocycles. The van der Waals surface area contributed by atoms with Gasteiger partial charge in [-0.2, -0.15) is 0 Å². The summed E-state index contributed by atoms with van der Waals surface area (Å²) in [6.07, 6.45) is 3.74. The Balaban J connectivity index is 3.05. The highest BCUT2D eigenvalue weighted by atomic mass is 79.9. The van der Waals surface area contributed by atoms with Gasteiger partial charge < -0.3 is 4.42 Å². The van der Waals surface area contributed by atoms with Gasteiger partial charge in [0.2, 0.25) is 6.26 Å². The zero-order valence-corrected chi connectivity index (χ0v) is 4.40. The average molecular weight is 147 g/mol. The summed E-state index contributed by atoms with van der Waals surface area (Å²) in [6.45, 7) is 0. The van der Waals surface area contributed by atoms with Crippen LogP contribution in [-0.2, 0) is 0 Å². The molecule has 2 nitrogen and oxygen atoms in total. The lowest BCUT2D eigenvalue weighted by Crippen LogP contribution is -1.50. The number of nitrogens with zero attached hydrogens (tertiary/aromatic N) is 1. The molecule has 6 heavy (non-hydrogen) atoms. The Bertz CT molecular complexity index is 114. The van der Waals surface area contributed by atoms with Crippen LogP contribution in [0.1, 0.15) is 0 Å². The van der Waals surface area contributed by atoms with Crippen molar-refractivity contribution in [2.24, 2.45) is 0 Å². The summed E-state index contributed by atoms with van der Waals surface area (Å²) in [5.41, 5.74) is 0.